The number of carbonyl (C=O) groups is 2. The molecule has 4 heteroatoms. The minimum atomic E-state index is -0.778. The second kappa shape index (κ2) is 4.01. The summed E-state index contributed by atoms with van der Waals surface area (Å²) in [6.45, 7) is 1.62. The lowest BCUT2D eigenvalue weighted by molar-refractivity contribution is -0.146. The summed E-state index contributed by atoms with van der Waals surface area (Å²) in [5.41, 5.74) is 0. The average Bonchev–Trinajstić information content (AvgIpc) is 2.55. The molecular formula is C8H8O3S. The van der Waals surface area contributed by atoms with E-state index in [2.05, 4.69) is 0 Å². The highest BCUT2D eigenvalue weighted by molar-refractivity contribution is 7.11. The molecule has 64 valence electrons. The first-order valence-electron chi connectivity index (χ1n) is 3.52. The van der Waals surface area contributed by atoms with Gasteiger partial charge >= 0.3 is 5.97 Å². The van der Waals surface area contributed by atoms with Crippen molar-refractivity contribution in [3.8, 4) is 5.06 Å². The van der Waals surface area contributed by atoms with Gasteiger partial charge in [-0.05, 0) is 17.5 Å². The summed E-state index contributed by atoms with van der Waals surface area (Å²) in [6.07, 6.45) is 0.185. The van der Waals surface area contributed by atoms with E-state index < -0.39 is 11.8 Å². The molecule has 0 aromatic carbocycles. The van der Waals surface area contributed by atoms with Crippen LogP contribution in [0, 0.1) is 0 Å². The summed E-state index contributed by atoms with van der Waals surface area (Å²) >= 11 is 1.28. The largest absolute Gasteiger partial charge is 0.410 e. The van der Waals surface area contributed by atoms with E-state index >= 15 is 0 Å². The van der Waals surface area contributed by atoms with E-state index in [9.17, 15) is 9.59 Å². The number of esters is 1. The molecule has 0 bridgehead atoms. The standard InChI is InChI=1S/C8H8O3S/c1-2-6(9)8(10)11-7-4-3-5-12-7/h3-5H,2H2,1H3. The monoisotopic (exact) mass is 184 g/mol. The highest BCUT2D eigenvalue weighted by Crippen LogP contribution is 2.18. The van der Waals surface area contributed by atoms with Crippen LogP contribution in [-0.4, -0.2) is 11.8 Å². The van der Waals surface area contributed by atoms with Gasteiger partial charge in [0, 0.05) is 6.42 Å². The Bertz CT molecular complexity index is 277. The number of Topliss-reactive ketones (excluding diaryl/α,β-unsaturated/α-hetero) is 1. The van der Waals surface area contributed by atoms with Crippen molar-refractivity contribution in [3.63, 3.8) is 0 Å². The SMILES string of the molecule is CCC(=O)C(=O)Oc1cccs1. The van der Waals surface area contributed by atoms with E-state index in [-0.39, 0.29) is 6.42 Å². The molecule has 3 nitrogen and oxygen atoms in total. The summed E-state index contributed by atoms with van der Waals surface area (Å²) in [4.78, 5) is 21.6. The number of hydrogen-bond acceptors (Lipinski definition) is 4. The minimum Gasteiger partial charge on any atom is -0.410 e. The van der Waals surface area contributed by atoms with E-state index in [1.807, 2.05) is 0 Å². The van der Waals surface area contributed by atoms with Crippen molar-refractivity contribution in [2.45, 2.75) is 13.3 Å². The normalized spacial score (nSPS) is 9.42. The van der Waals surface area contributed by atoms with Crippen molar-refractivity contribution >= 4 is 23.1 Å². The molecule has 0 aliphatic rings. The average molecular weight is 184 g/mol. The van der Waals surface area contributed by atoms with Crippen LogP contribution < -0.4 is 4.74 Å². The molecular weight excluding hydrogens is 176 g/mol. The molecule has 0 N–H and O–H groups in total. The lowest BCUT2D eigenvalue weighted by Gasteiger charge is -1.96. The van der Waals surface area contributed by atoms with Crippen LogP contribution in [0.2, 0.25) is 0 Å². The van der Waals surface area contributed by atoms with E-state index in [0.717, 1.165) is 0 Å². The lowest BCUT2D eigenvalue weighted by Crippen LogP contribution is -2.18. The van der Waals surface area contributed by atoms with Crippen molar-refractivity contribution in [1.82, 2.24) is 0 Å². The molecule has 0 saturated carbocycles. The lowest BCUT2D eigenvalue weighted by atomic mass is 10.3. The van der Waals surface area contributed by atoms with Crippen LogP contribution >= 0.6 is 11.3 Å². The Morgan fingerprint density at radius 1 is 1.58 bits per heavy atom. The van der Waals surface area contributed by atoms with Gasteiger partial charge in [0.25, 0.3) is 0 Å². The highest BCUT2D eigenvalue weighted by atomic mass is 32.1. The number of ether oxygens (including phenoxy) is 1. The van der Waals surface area contributed by atoms with Crippen LogP contribution in [-0.2, 0) is 9.59 Å². The predicted molar refractivity (Wildman–Crippen MR) is 45.3 cm³/mol. The van der Waals surface area contributed by atoms with Gasteiger partial charge in [-0.25, -0.2) is 4.79 Å². The molecule has 0 aliphatic heterocycles. The van der Waals surface area contributed by atoms with Crippen molar-refractivity contribution in [2.24, 2.45) is 0 Å². The third-order valence-electron chi connectivity index (χ3n) is 1.24. The molecule has 12 heavy (non-hydrogen) atoms. The molecule has 1 aromatic rings. The molecule has 0 fully saturated rings. The smallest absolute Gasteiger partial charge is 0.380 e. The fraction of sp³-hybridized carbons (Fsp3) is 0.250. The fourth-order valence-corrected chi connectivity index (χ4v) is 1.19. The Morgan fingerprint density at radius 2 is 2.33 bits per heavy atom. The zero-order valence-electron chi connectivity index (χ0n) is 6.57. The Kier molecular flexibility index (Phi) is 2.99. The first-order chi connectivity index (χ1) is 5.74. The molecule has 1 rings (SSSR count). The molecule has 1 aromatic heterocycles. The van der Waals surface area contributed by atoms with Crippen LogP contribution in [0.25, 0.3) is 0 Å². The van der Waals surface area contributed by atoms with Gasteiger partial charge in [-0.15, -0.1) is 11.3 Å². The first kappa shape index (κ1) is 8.93. The van der Waals surface area contributed by atoms with Crippen LogP contribution in [0.15, 0.2) is 17.5 Å². The van der Waals surface area contributed by atoms with Gasteiger partial charge in [-0.3, -0.25) is 4.79 Å². The second-order valence-corrected chi connectivity index (χ2v) is 3.01. The molecule has 1 heterocycles. The van der Waals surface area contributed by atoms with Gasteiger partial charge in [-0.2, -0.15) is 0 Å². The summed E-state index contributed by atoms with van der Waals surface area (Å²) in [7, 11) is 0. The molecule has 0 atom stereocenters. The van der Waals surface area contributed by atoms with Gasteiger partial charge in [0.1, 0.15) is 0 Å². The number of rotatable bonds is 3. The van der Waals surface area contributed by atoms with E-state index in [1.165, 1.54) is 11.3 Å². The fourth-order valence-electron chi connectivity index (χ4n) is 0.614. The summed E-state index contributed by atoms with van der Waals surface area (Å²) in [6, 6.07) is 3.40. The van der Waals surface area contributed by atoms with Gasteiger partial charge in [0.2, 0.25) is 5.78 Å². The van der Waals surface area contributed by atoms with Crippen molar-refractivity contribution < 1.29 is 14.3 Å². The van der Waals surface area contributed by atoms with E-state index in [4.69, 9.17) is 4.74 Å². The number of thiophene rings is 1. The van der Waals surface area contributed by atoms with Gasteiger partial charge in [-0.1, -0.05) is 6.92 Å². The zero-order chi connectivity index (χ0) is 8.97. The third kappa shape index (κ3) is 2.17. The van der Waals surface area contributed by atoms with Gasteiger partial charge in [0.05, 0.1) is 0 Å². The topological polar surface area (TPSA) is 43.4 Å². The van der Waals surface area contributed by atoms with Crippen molar-refractivity contribution in [1.29, 1.82) is 0 Å². The third-order valence-corrected chi connectivity index (χ3v) is 1.98. The van der Waals surface area contributed by atoms with Crippen molar-refractivity contribution in [3.05, 3.63) is 17.5 Å². The van der Waals surface area contributed by atoms with Crippen molar-refractivity contribution in [2.75, 3.05) is 0 Å². The Hall–Kier alpha value is -1.16. The molecule has 0 aliphatic carbocycles. The van der Waals surface area contributed by atoms with Crippen LogP contribution in [0.1, 0.15) is 13.3 Å². The maximum Gasteiger partial charge on any atom is 0.380 e. The van der Waals surface area contributed by atoms with Gasteiger partial charge in [0.15, 0.2) is 5.06 Å². The van der Waals surface area contributed by atoms with Crippen LogP contribution in [0.5, 0.6) is 5.06 Å². The van der Waals surface area contributed by atoms with Gasteiger partial charge < -0.3 is 4.74 Å². The quantitative estimate of drug-likeness (QED) is 0.529. The highest BCUT2D eigenvalue weighted by Gasteiger charge is 2.13. The molecule has 0 unspecified atom stereocenters. The number of carbonyl (C=O) groups excluding carboxylic acids is 2. The molecule has 0 saturated heterocycles. The van der Waals surface area contributed by atoms with Crippen LogP contribution in [0.3, 0.4) is 0 Å². The van der Waals surface area contributed by atoms with Crippen LogP contribution in [0.4, 0.5) is 0 Å². The second-order valence-electron chi connectivity index (χ2n) is 2.10. The number of ketones is 1. The minimum absolute atomic E-state index is 0.185. The molecule has 0 spiro atoms. The van der Waals surface area contributed by atoms with E-state index in [1.54, 1.807) is 24.4 Å². The summed E-state index contributed by atoms with van der Waals surface area (Å²) < 4.78 is 4.74. The Balaban J connectivity index is 2.53. The zero-order valence-corrected chi connectivity index (χ0v) is 7.39. The Labute approximate surface area is 74.0 Å². The summed E-state index contributed by atoms with van der Waals surface area (Å²) in [5.74, 6) is -1.27. The molecule has 0 radical (unpaired) electrons. The van der Waals surface area contributed by atoms with E-state index in [0.29, 0.717) is 5.06 Å². The predicted octanol–water partition coefficient (Wildman–Crippen LogP) is 1.63. The molecule has 0 amide bonds. The Morgan fingerprint density at radius 3 is 2.83 bits per heavy atom. The maximum atomic E-state index is 10.9. The maximum absolute atomic E-state index is 10.9. The number of hydrogen-bond donors (Lipinski definition) is 0. The first-order valence-corrected chi connectivity index (χ1v) is 4.40. The summed E-state index contributed by atoms with van der Waals surface area (Å²) in [5, 5.41) is 2.24.